The van der Waals surface area contributed by atoms with E-state index in [9.17, 15) is 14.4 Å². The highest BCUT2D eigenvalue weighted by Crippen LogP contribution is 2.79. The minimum absolute atomic E-state index is 0.0713. The van der Waals surface area contributed by atoms with Crippen molar-refractivity contribution in [2.45, 2.75) is 82.9 Å². The Bertz CT molecular complexity index is 1120. The summed E-state index contributed by atoms with van der Waals surface area (Å²) in [6, 6.07) is 3.59. The van der Waals surface area contributed by atoms with Crippen molar-refractivity contribution in [1.29, 1.82) is 0 Å². The van der Waals surface area contributed by atoms with Gasteiger partial charge in [-0.1, -0.05) is 6.92 Å². The second-order valence-electron chi connectivity index (χ2n) is 12.1. The molecule has 9 atom stereocenters. The maximum absolute atomic E-state index is 14.2. The molecule has 0 aromatic carbocycles. The van der Waals surface area contributed by atoms with Crippen LogP contribution < -0.4 is 0 Å². The van der Waals surface area contributed by atoms with E-state index in [1.54, 1.807) is 12.3 Å². The number of carbonyl (C=O) groups excluding carboxylic acids is 3. The summed E-state index contributed by atoms with van der Waals surface area (Å²) >= 11 is 0. The van der Waals surface area contributed by atoms with Gasteiger partial charge in [-0.25, -0.2) is 4.79 Å². The average molecular weight is 471 g/mol. The quantitative estimate of drug-likeness (QED) is 0.455. The topological polar surface area (TPSA) is 105 Å². The molecule has 0 radical (unpaired) electrons. The average Bonchev–Trinajstić information content (AvgIpc) is 3.26. The van der Waals surface area contributed by atoms with E-state index in [1.807, 2.05) is 26.8 Å². The predicted octanol–water partition coefficient (Wildman–Crippen LogP) is 3.14. The third-order valence-corrected chi connectivity index (χ3v) is 10.7. The number of carbonyl (C=O) groups is 3. The predicted molar refractivity (Wildman–Crippen MR) is 114 cm³/mol. The van der Waals surface area contributed by atoms with Crippen LogP contribution in [0.2, 0.25) is 0 Å². The highest BCUT2D eigenvalue weighted by atomic mass is 16.7. The lowest BCUT2D eigenvalue weighted by Crippen LogP contribution is -2.72. The van der Waals surface area contributed by atoms with Crippen molar-refractivity contribution in [2.75, 3.05) is 6.61 Å². The van der Waals surface area contributed by atoms with Gasteiger partial charge in [-0.05, 0) is 51.7 Å². The lowest BCUT2D eigenvalue weighted by molar-refractivity contribution is -0.227. The molecular formula is C26H30O8. The van der Waals surface area contributed by atoms with Crippen LogP contribution in [0.3, 0.4) is 0 Å². The van der Waals surface area contributed by atoms with Gasteiger partial charge >= 0.3 is 11.9 Å². The van der Waals surface area contributed by atoms with Crippen molar-refractivity contribution in [3.8, 4) is 0 Å². The van der Waals surface area contributed by atoms with Gasteiger partial charge in [-0.15, -0.1) is 0 Å². The monoisotopic (exact) mass is 470 g/mol. The van der Waals surface area contributed by atoms with Crippen LogP contribution in [0.25, 0.3) is 0 Å². The number of fused-ring (bicyclic) bond motifs is 1. The van der Waals surface area contributed by atoms with Crippen molar-refractivity contribution >= 4 is 17.7 Å². The van der Waals surface area contributed by atoms with Crippen LogP contribution >= 0.6 is 0 Å². The Hall–Kier alpha value is -2.19. The standard InChI is InChI=1S/C26H30O8/c1-22(2)15-10-16(27)24(4)14(25(15)12-31-18(28)11-17(25)33-22)7-8-23(3)19(13-6-5-9-30-13)32-21(29)20-26(23,24)34-20/h5-6,9,14-15,17,19-20H,7-8,10-12H2,1-4H3/t14-,15-,17-,19-,20+,23-,24-,25+,26+/m0/s1. The molecule has 0 unspecified atom stereocenters. The third kappa shape index (κ3) is 2.02. The maximum atomic E-state index is 14.2. The summed E-state index contributed by atoms with van der Waals surface area (Å²) in [5.74, 6) is -0.249. The lowest BCUT2D eigenvalue weighted by atomic mass is 9.37. The molecule has 0 bridgehead atoms. The van der Waals surface area contributed by atoms with E-state index in [0.717, 1.165) is 6.42 Å². The summed E-state index contributed by atoms with van der Waals surface area (Å²) in [4.78, 5) is 39.6. The maximum Gasteiger partial charge on any atom is 0.339 e. The largest absolute Gasteiger partial charge is 0.465 e. The van der Waals surface area contributed by atoms with Crippen molar-refractivity contribution in [3.63, 3.8) is 0 Å². The van der Waals surface area contributed by atoms with Gasteiger partial charge in [-0.2, -0.15) is 0 Å². The molecular weight excluding hydrogens is 440 g/mol. The molecule has 0 N–H and O–H groups in total. The first-order valence-corrected chi connectivity index (χ1v) is 12.3. The molecule has 4 saturated heterocycles. The molecule has 6 aliphatic rings. The number of furan rings is 1. The molecule has 2 saturated carbocycles. The number of esters is 2. The summed E-state index contributed by atoms with van der Waals surface area (Å²) in [5.41, 5.74) is -3.62. The molecule has 1 aromatic rings. The Labute approximate surface area is 197 Å². The Kier molecular flexibility index (Phi) is 3.70. The SMILES string of the molecule is CC1(C)O[C@H]2CC(=O)OC[C@]23[C@H]2CC[C@@]4(C)[C@H](c5ccco5)OC(=O)[C@H]5O[C@]54[C@]2(C)C(=O)C[C@@H]13. The molecule has 5 heterocycles. The molecule has 6 fully saturated rings. The van der Waals surface area contributed by atoms with Crippen LogP contribution in [0, 0.1) is 28.1 Å². The molecule has 8 heteroatoms. The number of Topliss-reactive ketones (excluding diaryl/α,β-unsaturated/α-hetero) is 1. The fourth-order valence-corrected chi connectivity index (χ4v) is 9.29. The summed E-state index contributed by atoms with van der Waals surface area (Å²) in [6.45, 7) is 8.33. The first-order chi connectivity index (χ1) is 16.0. The minimum atomic E-state index is -0.995. The molecule has 7 rings (SSSR count). The summed E-state index contributed by atoms with van der Waals surface area (Å²) in [5, 5.41) is 0. The molecule has 34 heavy (non-hydrogen) atoms. The van der Waals surface area contributed by atoms with Crippen LogP contribution in [0.5, 0.6) is 0 Å². The normalized spacial score (nSPS) is 52.4. The molecule has 1 aromatic heterocycles. The fourth-order valence-electron chi connectivity index (χ4n) is 9.29. The first kappa shape index (κ1) is 21.1. The Morgan fingerprint density at radius 2 is 1.76 bits per heavy atom. The van der Waals surface area contributed by atoms with Gasteiger partial charge in [0.05, 0.1) is 29.8 Å². The van der Waals surface area contributed by atoms with E-state index in [4.69, 9.17) is 23.4 Å². The highest BCUT2D eigenvalue weighted by Gasteiger charge is 2.90. The summed E-state index contributed by atoms with van der Waals surface area (Å²) < 4.78 is 30.2. The minimum Gasteiger partial charge on any atom is -0.465 e. The van der Waals surface area contributed by atoms with Crippen LogP contribution in [0.1, 0.15) is 65.2 Å². The van der Waals surface area contributed by atoms with Gasteiger partial charge < -0.3 is 23.4 Å². The fraction of sp³-hybridized carbons (Fsp3) is 0.731. The Morgan fingerprint density at radius 3 is 2.50 bits per heavy atom. The zero-order valence-electron chi connectivity index (χ0n) is 19.9. The van der Waals surface area contributed by atoms with Gasteiger partial charge in [0.2, 0.25) is 0 Å². The third-order valence-electron chi connectivity index (χ3n) is 10.7. The molecule has 2 aliphatic carbocycles. The van der Waals surface area contributed by atoms with Crippen LogP contribution in [0.4, 0.5) is 0 Å². The van der Waals surface area contributed by atoms with E-state index in [1.165, 1.54) is 0 Å². The van der Waals surface area contributed by atoms with Crippen LogP contribution in [-0.2, 0) is 33.3 Å². The number of ketones is 1. The lowest BCUT2D eigenvalue weighted by Gasteiger charge is -2.64. The number of hydrogen-bond donors (Lipinski definition) is 0. The second-order valence-corrected chi connectivity index (χ2v) is 12.1. The van der Waals surface area contributed by atoms with Gasteiger partial charge in [0.1, 0.15) is 23.8 Å². The number of rotatable bonds is 1. The van der Waals surface area contributed by atoms with Crippen LogP contribution in [-0.4, -0.2) is 47.7 Å². The molecule has 4 aliphatic heterocycles. The van der Waals surface area contributed by atoms with Crippen molar-refractivity contribution < 1.29 is 37.7 Å². The molecule has 2 spiro atoms. The Morgan fingerprint density at radius 1 is 0.971 bits per heavy atom. The van der Waals surface area contributed by atoms with Crippen molar-refractivity contribution in [1.82, 2.24) is 0 Å². The summed E-state index contributed by atoms with van der Waals surface area (Å²) in [7, 11) is 0. The van der Waals surface area contributed by atoms with Gasteiger partial charge in [0.25, 0.3) is 0 Å². The highest BCUT2D eigenvalue weighted by molar-refractivity contribution is 5.93. The zero-order valence-corrected chi connectivity index (χ0v) is 19.9. The molecule has 0 amide bonds. The number of epoxide rings is 1. The van der Waals surface area contributed by atoms with Crippen molar-refractivity contribution in [2.24, 2.45) is 28.1 Å². The van der Waals surface area contributed by atoms with E-state index >= 15 is 0 Å². The van der Waals surface area contributed by atoms with Gasteiger partial charge in [-0.3, -0.25) is 9.59 Å². The number of cyclic esters (lactones) is 2. The molecule has 182 valence electrons. The van der Waals surface area contributed by atoms with Gasteiger partial charge in [0.15, 0.2) is 12.2 Å². The summed E-state index contributed by atoms with van der Waals surface area (Å²) in [6.07, 6.45) is 1.73. The van der Waals surface area contributed by atoms with E-state index in [0.29, 0.717) is 18.6 Å². The van der Waals surface area contributed by atoms with E-state index in [2.05, 4.69) is 6.92 Å². The first-order valence-electron chi connectivity index (χ1n) is 12.3. The van der Waals surface area contributed by atoms with E-state index < -0.39 is 45.6 Å². The van der Waals surface area contributed by atoms with E-state index in [-0.39, 0.29) is 42.7 Å². The second kappa shape index (κ2) is 5.95. The van der Waals surface area contributed by atoms with Crippen LogP contribution in [0.15, 0.2) is 22.8 Å². The van der Waals surface area contributed by atoms with Crippen molar-refractivity contribution in [3.05, 3.63) is 24.2 Å². The number of hydrogen-bond acceptors (Lipinski definition) is 8. The Balaban J connectivity index is 1.41. The molecule has 8 nitrogen and oxygen atoms in total. The smallest absolute Gasteiger partial charge is 0.339 e. The van der Waals surface area contributed by atoms with Gasteiger partial charge in [0, 0.05) is 23.2 Å². The zero-order chi connectivity index (χ0) is 23.9. The number of ether oxygens (including phenoxy) is 4.